The summed E-state index contributed by atoms with van der Waals surface area (Å²) < 4.78 is 6.08. The minimum Gasteiger partial charge on any atom is -0.390 e. The van der Waals surface area contributed by atoms with Gasteiger partial charge < -0.3 is 20.3 Å². The molecule has 0 aliphatic rings. The molecule has 9 heteroatoms. The van der Waals surface area contributed by atoms with Gasteiger partial charge in [-0.15, -0.1) is 11.3 Å². The Morgan fingerprint density at radius 3 is 2.51 bits per heavy atom. The number of H-pyrrole nitrogens is 2. The number of aromatic amines is 2. The molecule has 0 aliphatic carbocycles. The number of nitrogens with zero attached hydrogens (tertiary/aromatic N) is 3. The van der Waals surface area contributed by atoms with E-state index in [1.807, 2.05) is 19.9 Å². The molecule has 8 nitrogen and oxygen atoms in total. The average molecular weight is 521 g/mol. The van der Waals surface area contributed by atoms with Gasteiger partial charge in [-0.05, 0) is 62.6 Å². The van der Waals surface area contributed by atoms with Gasteiger partial charge in [0.05, 0.1) is 26.4 Å². The van der Waals surface area contributed by atoms with Crippen LogP contribution in [0.4, 0.5) is 5.88 Å². The minimum atomic E-state index is -0.824. The zero-order chi connectivity index (χ0) is 26.7. The van der Waals surface area contributed by atoms with Gasteiger partial charge >= 0.3 is 0 Å². The standard InChI is InChI=1S/C28H36N6O2S/c1-15(27(2,3)4)34(7)14-16-8-17(13-28(5,6)35)18-10-21(30-19(18)9-16)25-26-22(31-32-25)11-23(37-26)20-12-24(29)36-33-20/h8-12,15,30,35H,13-14,29H2,1-7H3,(H,31,32). The van der Waals surface area contributed by atoms with Crippen molar-refractivity contribution in [3.63, 3.8) is 0 Å². The van der Waals surface area contributed by atoms with Crippen molar-refractivity contribution in [2.24, 2.45) is 5.41 Å². The van der Waals surface area contributed by atoms with E-state index < -0.39 is 5.60 Å². The van der Waals surface area contributed by atoms with E-state index in [-0.39, 0.29) is 5.41 Å². The van der Waals surface area contributed by atoms with E-state index in [1.165, 1.54) is 5.56 Å². The predicted octanol–water partition coefficient (Wildman–Crippen LogP) is 6.19. The summed E-state index contributed by atoms with van der Waals surface area (Å²) in [6.07, 6.45) is 0.555. The summed E-state index contributed by atoms with van der Waals surface area (Å²) in [7, 11) is 2.17. The molecule has 1 aromatic carbocycles. The normalized spacial score (nSPS) is 13.9. The van der Waals surface area contributed by atoms with E-state index in [1.54, 1.807) is 17.4 Å². The van der Waals surface area contributed by atoms with Crippen LogP contribution in [0, 0.1) is 5.41 Å². The van der Waals surface area contributed by atoms with Crippen molar-refractivity contribution in [3.05, 3.63) is 41.5 Å². The summed E-state index contributed by atoms with van der Waals surface area (Å²) in [5.41, 5.74) is 11.9. The highest BCUT2D eigenvalue weighted by atomic mass is 32.1. The third-order valence-corrected chi connectivity index (χ3v) is 8.29. The van der Waals surface area contributed by atoms with Gasteiger partial charge in [-0.25, -0.2) is 0 Å². The average Bonchev–Trinajstić information content (AvgIpc) is 3.53. The third-order valence-electron chi connectivity index (χ3n) is 7.12. The molecule has 0 fully saturated rings. The summed E-state index contributed by atoms with van der Waals surface area (Å²) in [5, 5.41) is 23.6. The fraction of sp³-hybridized carbons (Fsp3) is 0.429. The number of nitrogen functional groups attached to an aromatic ring is 1. The monoisotopic (exact) mass is 520 g/mol. The van der Waals surface area contributed by atoms with Gasteiger partial charge in [-0.3, -0.25) is 10.00 Å². The number of rotatable bonds is 7. The highest BCUT2D eigenvalue weighted by Crippen LogP contribution is 2.39. The first kappa shape index (κ1) is 25.5. The van der Waals surface area contributed by atoms with Crippen LogP contribution in [-0.2, 0) is 13.0 Å². The lowest BCUT2D eigenvalue weighted by atomic mass is 9.87. The molecule has 1 unspecified atom stereocenters. The van der Waals surface area contributed by atoms with E-state index in [0.717, 1.165) is 49.5 Å². The molecule has 0 radical (unpaired) electrons. The SMILES string of the molecule is CC(N(C)Cc1cc(CC(C)(C)O)c2cc(-c3n[nH]c4cc(-c5cc(N)on5)sc34)[nH]c2c1)C(C)(C)C. The quantitative estimate of drug-likeness (QED) is 0.203. The number of nitrogens with two attached hydrogens (primary N) is 1. The number of fused-ring (bicyclic) bond motifs is 2. The molecule has 5 rings (SSSR count). The smallest absolute Gasteiger partial charge is 0.222 e. The minimum absolute atomic E-state index is 0.178. The molecule has 196 valence electrons. The zero-order valence-corrected chi connectivity index (χ0v) is 23.4. The molecule has 1 atom stereocenters. The molecule has 0 aliphatic heterocycles. The van der Waals surface area contributed by atoms with E-state index in [0.29, 0.717) is 24.0 Å². The zero-order valence-electron chi connectivity index (χ0n) is 22.6. The molecule has 0 saturated carbocycles. The molecule has 5 N–H and O–H groups in total. The first-order valence-electron chi connectivity index (χ1n) is 12.6. The number of hydrogen-bond acceptors (Lipinski definition) is 7. The summed E-state index contributed by atoms with van der Waals surface area (Å²) in [6, 6.07) is 10.8. The van der Waals surface area contributed by atoms with Crippen LogP contribution in [0.5, 0.6) is 0 Å². The van der Waals surface area contributed by atoms with Crippen molar-refractivity contribution < 1.29 is 9.63 Å². The van der Waals surface area contributed by atoms with Gasteiger partial charge in [0.2, 0.25) is 5.88 Å². The maximum Gasteiger partial charge on any atom is 0.222 e. The number of anilines is 1. The van der Waals surface area contributed by atoms with E-state index >= 15 is 0 Å². The van der Waals surface area contributed by atoms with Gasteiger partial charge in [0.1, 0.15) is 11.4 Å². The van der Waals surface area contributed by atoms with Crippen LogP contribution in [0.15, 0.2) is 34.9 Å². The Labute approximate surface area is 220 Å². The van der Waals surface area contributed by atoms with E-state index in [4.69, 9.17) is 10.3 Å². The Hall–Kier alpha value is -3.14. The highest BCUT2D eigenvalue weighted by molar-refractivity contribution is 7.22. The Kier molecular flexibility index (Phi) is 6.21. The molecule has 0 saturated heterocycles. The van der Waals surface area contributed by atoms with Gasteiger partial charge in [0.15, 0.2) is 0 Å². The molecule has 37 heavy (non-hydrogen) atoms. The van der Waals surface area contributed by atoms with Gasteiger partial charge in [0, 0.05) is 36.0 Å². The fourth-order valence-electron chi connectivity index (χ4n) is 4.83. The number of thiophene rings is 1. The summed E-state index contributed by atoms with van der Waals surface area (Å²) >= 11 is 1.59. The number of aliphatic hydroxyl groups is 1. The molecular weight excluding hydrogens is 484 g/mol. The molecule has 0 bridgehead atoms. The number of hydrogen-bond donors (Lipinski definition) is 4. The predicted molar refractivity (Wildman–Crippen MR) is 152 cm³/mol. The van der Waals surface area contributed by atoms with Crippen LogP contribution in [-0.4, -0.2) is 49.0 Å². The maximum absolute atomic E-state index is 10.7. The van der Waals surface area contributed by atoms with Gasteiger partial charge in [-0.2, -0.15) is 5.10 Å². The van der Waals surface area contributed by atoms with Gasteiger partial charge in [0.25, 0.3) is 0 Å². The van der Waals surface area contributed by atoms with Gasteiger partial charge in [-0.1, -0.05) is 32.0 Å². The van der Waals surface area contributed by atoms with E-state index in [2.05, 4.69) is 78.2 Å². The van der Waals surface area contributed by atoms with Crippen molar-refractivity contribution in [2.75, 3.05) is 12.8 Å². The van der Waals surface area contributed by atoms with Crippen LogP contribution in [0.25, 0.3) is 43.1 Å². The second kappa shape index (κ2) is 9.01. The number of benzene rings is 1. The first-order chi connectivity index (χ1) is 17.3. The highest BCUT2D eigenvalue weighted by Gasteiger charge is 2.25. The van der Waals surface area contributed by atoms with Crippen molar-refractivity contribution in [3.8, 4) is 22.0 Å². The molecule has 5 aromatic rings. The van der Waals surface area contributed by atoms with E-state index in [9.17, 15) is 5.11 Å². The molecule has 4 heterocycles. The Morgan fingerprint density at radius 2 is 1.86 bits per heavy atom. The molecule has 4 aromatic heterocycles. The second-order valence-corrected chi connectivity index (χ2v) is 12.9. The summed E-state index contributed by atoms with van der Waals surface area (Å²) in [4.78, 5) is 6.96. The number of nitrogens with one attached hydrogen (secondary N) is 2. The Bertz CT molecular complexity index is 1560. The van der Waals surface area contributed by atoms with Crippen LogP contribution in [0.2, 0.25) is 0 Å². The molecule has 0 spiro atoms. The fourth-order valence-corrected chi connectivity index (χ4v) is 5.89. The van der Waals surface area contributed by atoms with Crippen LogP contribution >= 0.6 is 11.3 Å². The largest absolute Gasteiger partial charge is 0.390 e. The van der Waals surface area contributed by atoms with Crippen molar-refractivity contribution in [2.45, 2.75) is 66.2 Å². The Balaban J connectivity index is 1.56. The molecular formula is C28H36N6O2S. The van der Waals surface area contributed by atoms with Crippen molar-refractivity contribution in [1.82, 2.24) is 25.2 Å². The topological polar surface area (TPSA) is 120 Å². The lowest BCUT2D eigenvalue weighted by molar-refractivity contribution is 0.0813. The summed E-state index contributed by atoms with van der Waals surface area (Å²) in [6.45, 7) is 13.6. The second-order valence-electron chi connectivity index (χ2n) is 11.9. The Morgan fingerprint density at radius 1 is 1.11 bits per heavy atom. The maximum atomic E-state index is 10.7. The van der Waals surface area contributed by atoms with Crippen molar-refractivity contribution >= 4 is 38.3 Å². The molecule has 0 amide bonds. The van der Waals surface area contributed by atoms with Crippen LogP contribution < -0.4 is 5.73 Å². The third kappa shape index (κ3) is 5.16. The van der Waals surface area contributed by atoms with Crippen molar-refractivity contribution in [1.29, 1.82) is 0 Å². The lowest BCUT2D eigenvalue weighted by Crippen LogP contribution is -2.38. The number of aromatic nitrogens is 4. The van der Waals surface area contributed by atoms with Crippen LogP contribution in [0.1, 0.15) is 52.7 Å². The van der Waals surface area contributed by atoms with Crippen LogP contribution in [0.3, 0.4) is 0 Å². The lowest BCUT2D eigenvalue weighted by Gasteiger charge is -2.35. The summed E-state index contributed by atoms with van der Waals surface area (Å²) in [5.74, 6) is 0.290. The first-order valence-corrected chi connectivity index (χ1v) is 13.4.